The number of nitrogens with zero attached hydrogens (tertiary/aromatic N) is 2. The van der Waals surface area contributed by atoms with E-state index in [4.69, 9.17) is 0 Å². The Morgan fingerprint density at radius 2 is 1.83 bits per heavy atom. The van der Waals surface area contributed by atoms with E-state index in [1.807, 2.05) is 36.4 Å². The number of aryl methyl sites for hydroxylation is 1. The highest BCUT2D eigenvalue weighted by molar-refractivity contribution is 5.77. The Balaban J connectivity index is 1.38. The van der Waals surface area contributed by atoms with E-state index >= 15 is 0 Å². The lowest BCUT2D eigenvalue weighted by Gasteiger charge is -2.23. The molecule has 3 aromatic rings. The van der Waals surface area contributed by atoms with E-state index in [-0.39, 0.29) is 11.5 Å². The smallest absolute Gasteiger partial charge is 0.258 e. The molecule has 0 aliphatic carbocycles. The molecule has 29 heavy (non-hydrogen) atoms. The van der Waals surface area contributed by atoms with Crippen molar-refractivity contribution in [3.05, 3.63) is 70.8 Å². The van der Waals surface area contributed by atoms with Crippen LogP contribution in [-0.4, -0.2) is 35.5 Å². The van der Waals surface area contributed by atoms with Crippen LogP contribution in [0.25, 0.3) is 10.9 Å². The van der Waals surface area contributed by atoms with Crippen molar-refractivity contribution in [1.29, 1.82) is 0 Å². The molecule has 0 aliphatic heterocycles. The minimum absolute atomic E-state index is 0.0379. The van der Waals surface area contributed by atoms with Gasteiger partial charge in [0.05, 0.1) is 10.9 Å². The number of carbonyl (C=O) groups is 1. The molecule has 0 saturated carbocycles. The van der Waals surface area contributed by atoms with Gasteiger partial charge in [0.2, 0.25) is 5.91 Å². The fraction of sp³-hybridized carbons (Fsp3) is 0.348. The third-order valence-electron chi connectivity index (χ3n) is 4.91. The van der Waals surface area contributed by atoms with Crippen LogP contribution in [0.5, 0.6) is 0 Å². The Labute approximate surface area is 171 Å². The average Bonchev–Trinajstić information content (AvgIpc) is 2.74. The molecule has 6 nitrogen and oxygen atoms in total. The Morgan fingerprint density at radius 3 is 2.62 bits per heavy atom. The Morgan fingerprint density at radius 1 is 1.07 bits per heavy atom. The van der Waals surface area contributed by atoms with Gasteiger partial charge in [-0.3, -0.25) is 9.59 Å². The van der Waals surface area contributed by atoms with Crippen molar-refractivity contribution in [2.45, 2.75) is 32.6 Å². The number of hydrogen-bond acceptors (Lipinski definition) is 4. The summed E-state index contributed by atoms with van der Waals surface area (Å²) in [4.78, 5) is 33.7. The minimum atomic E-state index is -0.131. The predicted octanol–water partition coefficient (Wildman–Crippen LogP) is 3.28. The van der Waals surface area contributed by atoms with Crippen LogP contribution in [0.15, 0.2) is 59.4 Å². The molecule has 0 fully saturated rings. The average molecular weight is 393 g/mol. The summed E-state index contributed by atoms with van der Waals surface area (Å²) < 4.78 is 0. The van der Waals surface area contributed by atoms with Crippen LogP contribution in [0.3, 0.4) is 0 Å². The van der Waals surface area contributed by atoms with Crippen LogP contribution in [0.2, 0.25) is 0 Å². The van der Waals surface area contributed by atoms with E-state index in [2.05, 4.69) is 39.2 Å². The first-order valence-electron chi connectivity index (χ1n) is 10.2. The Kier molecular flexibility index (Phi) is 7.39. The molecule has 1 aromatic heterocycles. The Bertz CT molecular complexity index is 985. The molecule has 2 aromatic carbocycles. The number of fused-ring (bicyclic) bond motifs is 1. The van der Waals surface area contributed by atoms with Gasteiger partial charge in [-0.15, -0.1) is 0 Å². The normalized spacial score (nSPS) is 10.8. The van der Waals surface area contributed by atoms with Gasteiger partial charge >= 0.3 is 0 Å². The predicted molar refractivity (Wildman–Crippen MR) is 117 cm³/mol. The maximum absolute atomic E-state index is 12.1. The van der Waals surface area contributed by atoms with Crippen LogP contribution in [0.4, 0.5) is 5.69 Å². The molecule has 1 amide bonds. The lowest BCUT2D eigenvalue weighted by molar-refractivity contribution is -0.121. The molecule has 0 bridgehead atoms. The number of rotatable bonds is 10. The summed E-state index contributed by atoms with van der Waals surface area (Å²) in [5.41, 5.74) is 1.77. The van der Waals surface area contributed by atoms with Crippen LogP contribution in [0.1, 0.15) is 32.0 Å². The molecule has 6 heteroatoms. The van der Waals surface area contributed by atoms with Crippen molar-refractivity contribution in [3.8, 4) is 0 Å². The van der Waals surface area contributed by atoms with Crippen molar-refractivity contribution in [1.82, 2.24) is 15.3 Å². The van der Waals surface area contributed by atoms with Crippen LogP contribution in [0, 0.1) is 0 Å². The summed E-state index contributed by atoms with van der Waals surface area (Å²) in [5, 5.41) is 3.57. The number of aromatic nitrogens is 2. The molecule has 0 saturated heterocycles. The van der Waals surface area contributed by atoms with E-state index < -0.39 is 0 Å². The second-order valence-electron chi connectivity index (χ2n) is 7.00. The van der Waals surface area contributed by atoms with Gasteiger partial charge in [0.15, 0.2) is 0 Å². The first-order chi connectivity index (χ1) is 14.2. The van der Waals surface area contributed by atoms with Gasteiger partial charge in [0, 0.05) is 38.2 Å². The quantitative estimate of drug-likeness (QED) is 0.519. The Hall–Kier alpha value is -3.15. The number of nitrogens with one attached hydrogen (secondary N) is 2. The van der Waals surface area contributed by atoms with Crippen molar-refractivity contribution in [3.63, 3.8) is 0 Å². The number of benzene rings is 2. The standard InChI is InChI=1S/C23H28N4O2/c1-2-27(18-10-4-3-5-11-18)17-9-16-24-22(28)15-8-14-21-25-20-13-7-6-12-19(20)23(29)26-21/h3-7,10-13H,2,8-9,14-17H2,1H3,(H,24,28)(H,25,26,29). The van der Waals surface area contributed by atoms with Gasteiger partial charge in [0.1, 0.15) is 5.82 Å². The van der Waals surface area contributed by atoms with Gasteiger partial charge in [0.25, 0.3) is 5.56 Å². The maximum atomic E-state index is 12.1. The number of para-hydroxylation sites is 2. The number of anilines is 1. The third-order valence-corrected chi connectivity index (χ3v) is 4.91. The maximum Gasteiger partial charge on any atom is 0.258 e. The van der Waals surface area contributed by atoms with E-state index in [9.17, 15) is 9.59 Å². The number of amides is 1. The van der Waals surface area contributed by atoms with Crippen LogP contribution >= 0.6 is 0 Å². The molecule has 0 spiro atoms. The molecule has 152 valence electrons. The molecule has 2 N–H and O–H groups in total. The van der Waals surface area contributed by atoms with Crippen molar-refractivity contribution >= 4 is 22.5 Å². The molecule has 1 heterocycles. The number of carbonyl (C=O) groups excluding carboxylic acids is 1. The first kappa shape index (κ1) is 20.6. The van der Waals surface area contributed by atoms with Crippen LogP contribution < -0.4 is 15.8 Å². The summed E-state index contributed by atoms with van der Waals surface area (Å²) >= 11 is 0. The monoisotopic (exact) mass is 392 g/mol. The summed E-state index contributed by atoms with van der Waals surface area (Å²) in [5.74, 6) is 0.666. The van der Waals surface area contributed by atoms with Crippen LogP contribution in [-0.2, 0) is 11.2 Å². The van der Waals surface area contributed by atoms with Crippen molar-refractivity contribution in [2.75, 3.05) is 24.5 Å². The highest BCUT2D eigenvalue weighted by Gasteiger charge is 2.07. The van der Waals surface area contributed by atoms with Gasteiger partial charge < -0.3 is 15.2 Å². The van der Waals surface area contributed by atoms with E-state index in [0.717, 1.165) is 19.5 Å². The molecule has 0 atom stereocenters. The molecular weight excluding hydrogens is 364 g/mol. The zero-order chi connectivity index (χ0) is 20.5. The SMILES string of the molecule is CCN(CCCNC(=O)CCCc1nc2ccccc2c(=O)[nH]1)c1ccccc1. The van der Waals surface area contributed by atoms with Gasteiger partial charge in [-0.05, 0) is 44.0 Å². The minimum Gasteiger partial charge on any atom is -0.372 e. The summed E-state index contributed by atoms with van der Waals surface area (Å²) in [7, 11) is 0. The summed E-state index contributed by atoms with van der Waals surface area (Å²) in [6.07, 6.45) is 2.55. The molecule has 0 aliphatic rings. The number of aromatic amines is 1. The van der Waals surface area contributed by atoms with Gasteiger partial charge in [-0.25, -0.2) is 4.98 Å². The third kappa shape index (κ3) is 5.91. The largest absolute Gasteiger partial charge is 0.372 e. The number of H-pyrrole nitrogens is 1. The molecule has 0 radical (unpaired) electrons. The van der Waals surface area contributed by atoms with E-state index in [1.165, 1.54) is 5.69 Å². The fourth-order valence-electron chi connectivity index (χ4n) is 3.36. The highest BCUT2D eigenvalue weighted by Crippen LogP contribution is 2.12. The number of hydrogen-bond donors (Lipinski definition) is 2. The van der Waals surface area contributed by atoms with Crippen molar-refractivity contribution in [2.24, 2.45) is 0 Å². The zero-order valence-corrected chi connectivity index (χ0v) is 16.9. The van der Waals surface area contributed by atoms with E-state index in [0.29, 0.717) is 42.5 Å². The van der Waals surface area contributed by atoms with Crippen molar-refractivity contribution < 1.29 is 4.79 Å². The fourth-order valence-corrected chi connectivity index (χ4v) is 3.36. The second-order valence-corrected chi connectivity index (χ2v) is 7.00. The topological polar surface area (TPSA) is 78.1 Å². The van der Waals surface area contributed by atoms with Gasteiger partial charge in [-0.2, -0.15) is 0 Å². The first-order valence-corrected chi connectivity index (χ1v) is 10.2. The second kappa shape index (κ2) is 10.4. The molecule has 0 unspecified atom stereocenters. The highest BCUT2D eigenvalue weighted by atomic mass is 16.1. The lowest BCUT2D eigenvalue weighted by Crippen LogP contribution is -2.29. The zero-order valence-electron chi connectivity index (χ0n) is 16.9. The summed E-state index contributed by atoms with van der Waals surface area (Å²) in [6.45, 7) is 4.64. The van der Waals surface area contributed by atoms with Gasteiger partial charge in [-0.1, -0.05) is 30.3 Å². The lowest BCUT2D eigenvalue weighted by atomic mass is 10.2. The molecular formula is C23H28N4O2. The summed E-state index contributed by atoms with van der Waals surface area (Å²) in [6, 6.07) is 17.6. The van der Waals surface area contributed by atoms with E-state index in [1.54, 1.807) is 6.07 Å². The molecule has 3 rings (SSSR count).